The van der Waals surface area contributed by atoms with Gasteiger partial charge in [0.1, 0.15) is 6.04 Å². The van der Waals surface area contributed by atoms with Gasteiger partial charge in [-0.25, -0.2) is 8.42 Å². The molecular formula is C22H27ClN2O3S. The summed E-state index contributed by atoms with van der Waals surface area (Å²) in [6, 6.07) is 16.1. The third kappa shape index (κ3) is 5.52. The Morgan fingerprint density at radius 2 is 1.79 bits per heavy atom. The number of anilines is 1. The zero-order valence-electron chi connectivity index (χ0n) is 16.8. The number of hydrogen-bond donors (Lipinski definition) is 0. The van der Waals surface area contributed by atoms with Gasteiger partial charge in [0.25, 0.3) is 0 Å². The predicted molar refractivity (Wildman–Crippen MR) is 118 cm³/mol. The van der Waals surface area contributed by atoms with Crippen molar-refractivity contribution in [2.75, 3.05) is 23.7 Å². The molecule has 0 saturated carbocycles. The van der Waals surface area contributed by atoms with Gasteiger partial charge in [0, 0.05) is 18.1 Å². The van der Waals surface area contributed by atoms with Gasteiger partial charge in [-0.1, -0.05) is 48.0 Å². The number of rotatable bonds is 6. The SMILES string of the molecule is CC(C(=O)N1CCC(Cc2ccccc2)CC1)N(c1cccc(Cl)c1)S(C)(=O)=O. The van der Waals surface area contributed by atoms with Crippen LogP contribution in [0.25, 0.3) is 0 Å². The van der Waals surface area contributed by atoms with E-state index in [9.17, 15) is 13.2 Å². The molecule has 1 aliphatic rings. The molecule has 1 amide bonds. The van der Waals surface area contributed by atoms with E-state index in [2.05, 4.69) is 12.1 Å². The minimum atomic E-state index is -3.64. The van der Waals surface area contributed by atoms with E-state index in [1.54, 1.807) is 36.1 Å². The summed E-state index contributed by atoms with van der Waals surface area (Å²) in [7, 11) is -3.64. The van der Waals surface area contributed by atoms with E-state index in [1.807, 2.05) is 18.2 Å². The second-order valence-electron chi connectivity index (χ2n) is 7.67. The van der Waals surface area contributed by atoms with Crippen LogP contribution in [0.15, 0.2) is 54.6 Å². The maximum absolute atomic E-state index is 13.1. The largest absolute Gasteiger partial charge is 0.341 e. The molecule has 7 heteroatoms. The van der Waals surface area contributed by atoms with Gasteiger partial charge in [-0.3, -0.25) is 9.10 Å². The summed E-state index contributed by atoms with van der Waals surface area (Å²) in [5.74, 6) is 0.365. The number of halogens is 1. The molecule has 1 saturated heterocycles. The number of likely N-dealkylation sites (tertiary alicyclic amines) is 1. The number of nitrogens with zero attached hydrogens (tertiary/aromatic N) is 2. The summed E-state index contributed by atoms with van der Waals surface area (Å²) in [5, 5.41) is 0.428. The van der Waals surface area contributed by atoms with Crippen LogP contribution in [-0.2, 0) is 21.2 Å². The van der Waals surface area contributed by atoms with Crippen LogP contribution < -0.4 is 4.31 Å². The fourth-order valence-electron chi connectivity index (χ4n) is 3.98. The molecule has 3 rings (SSSR count). The van der Waals surface area contributed by atoms with Crippen molar-refractivity contribution >= 4 is 33.2 Å². The van der Waals surface area contributed by atoms with Gasteiger partial charge in [-0.2, -0.15) is 0 Å². The van der Waals surface area contributed by atoms with Gasteiger partial charge < -0.3 is 4.90 Å². The molecule has 1 heterocycles. The van der Waals surface area contributed by atoms with Crippen molar-refractivity contribution in [2.45, 2.75) is 32.2 Å². The van der Waals surface area contributed by atoms with Crippen molar-refractivity contribution in [1.82, 2.24) is 4.90 Å². The van der Waals surface area contributed by atoms with Gasteiger partial charge >= 0.3 is 0 Å². The summed E-state index contributed by atoms with van der Waals surface area (Å²) in [5.41, 5.74) is 1.72. The van der Waals surface area contributed by atoms with Crippen molar-refractivity contribution in [1.29, 1.82) is 0 Å². The van der Waals surface area contributed by atoms with Crippen LogP contribution in [0.4, 0.5) is 5.69 Å². The minimum Gasteiger partial charge on any atom is -0.341 e. The molecular weight excluding hydrogens is 408 g/mol. The van der Waals surface area contributed by atoms with E-state index in [0.29, 0.717) is 29.7 Å². The molecule has 0 radical (unpaired) electrons. The Hall–Kier alpha value is -2.05. The van der Waals surface area contributed by atoms with Crippen LogP contribution in [0.5, 0.6) is 0 Å². The van der Waals surface area contributed by atoms with Crippen molar-refractivity contribution in [3.05, 3.63) is 65.2 Å². The van der Waals surface area contributed by atoms with Gasteiger partial charge in [-0.05, 0) is 55.9 Å². The Balaban J connectivity index is 1.67. The molecule has 2 aromatic carbocycles. The Labute approximate surface area is 178 Å². The van der Waals surface area contributed by atoms with E-state index in [0.717, 1.165) is 29.8 Å². The first-order chi connectivity index (χ1) is 13.8. The smallest absolute Gasteiger partial charge is 0.246 e. The highest BCUT2D eigenvalue weighted by atomic mass is 35.5. The highest BCUT2D eigenvalue weighted by Gasteiger charge is 2.33. The Morgan fingerprint density at radius 3 is 2.38 bits per heavy atom. The zero-order chi connectivity index (χ0) is 21.0. The van der Waals surface area contributed by atoms with Crippen LogP contribution in [0.2, 0.25) is 5.02 Å². The summed E-state index contributed by atoms with van der Waals surface area (Å²) < 4.78 is 26.0. The quantitative estimate of drug-likeness (QED) is 0.691. The lowest BCUT2D eigenvalue weighted by Crippen LogP contribution is -2.51. The number of piperidine rings is 1. The molecule has 0 N–H and O–H groups in total. The molecule has 2 aromatic rings. The average molecular weight is 435 g/mol. The van der Waals surface area contributed by atoms with Crippen molar-refractivity contribution in [3.63, 3.8) is 0 Å². The molecule has 29 heavy (non-hydrogen) atoms. The fraction of sp³-hybridized carbons (Fsp3) is 0.409. The number of hydrogen-bond acceptors (Lipinski definition) is 3. The molecule has 1 atom stereocenters. The topological polar surface area (TPSA) is 57.7 Å². The number of carbonyl (C=O) groups excluding carboxylic acids is 1. The molecule has 0 bridgehead atoms. The minimum absolute atomic E-state index is 0.173. The Morgan fingerprint density at radius 1 is 1.14 bits per heavy atom. The molecule has 5 nitrogen and oxygen atoms in total. The van der Waals surface area contributed by atoms with Gasteiger partial charge in [0.15, 0.2) is 0 Å². The second-order valence-corrected chi connectivity index (χ2v) is 9.97. The fourth-order valence-corrected chi connectivity index (χ4v) is 5.33. The van der Waals surface area contributed by atoms with Crippen molar-refractivity contribution in [3.8, 4) is 0 Å². The molecule has 1 aliphatic heterocycles. The third-order valence-electron chi connectivity index (χ3n) is 5.42. The summed E-state index contributed by atoms with van der Waals surface area (Å²) >= 11 is 6.04. The third-order valence-corrected chi connectivity index (χ3v) is 6.90. The van der Waals surface area contributed by atoms with E-state index >= 15 is 0 Å². The lowest BCUT2D eigenvalue weighted by atomic mass is 9.90. The predicted octanol–water partition coefficient (Wildman–Crippen LogP) is 3.98. The first-order valence-corrected chi connectivity index (χ1v) is 12.1. The summed E-state index contributed by atoms with van der Waals surface area (Å²) in [6.45, 7) is 2.93. The molecule has 0 aliphatic carbocycles. The first-order valence-electron chi connectivity index (χ1n) is 9.83. The Bertz CT molecular complexity index is 942. The van der Waals surface area contributed by atoms with E-state index in [-0.39, 0.29) is 5.91 Å². The monoisotopic (exact) mass is 434 g/mol. The Kier molecular flexibility index (Phi) is 6.85. The van der Waals surface area contributed by atoms with Crippen molar-refractivity contribution < 1.29 is 13.2 Å². The zero-order valence-corrected chi connectivity index (χ0v) is 18.4. The maximum atomic E-state index is 13.1. The molecule has 0 aromatic heterocycles. The number of sulfonamides is 1. The lowest BCUT2D eigenvalue weighted by molar-refractivity contribution is -0.133. The number of benzene rings is 2. The standard InChI is InChI=1S/C22H27ClN2O3S/c1-17(25(29(2,27)28)21-10-6-9-20(23)16-21)22(26)24-13-11-19(12-14-24)15-18-7-4-3-5-8-18/h3-10,16-17,19H,11-15H2,1-2H3. The highest BCUT2D eigenvalue weighted by molar-refractivity contribution is 7.92. The van der Waals surface area contributed by atoms with Crippen LogP contribution in [-0.4, -0.2) is 44.6 Å². The number of carbonyl (C=O) groups is 1. The normalized spacial score (nSPS) is 16.4. The highest BCUT2D eigenvalue weighted by Crippen LogP contribution is 2.27. The van der Waals surface area contributed by atoms with Crippen molar-refractivity contribution in [2.24, 2.45) is 5.92 Å². The lowest BCUT2D eigenvalue weighted by Gasteiger charge is -2.36. The van der Waals surface area contributed by atoms with Crippen LogP contribution >= 0.6 is 11.6 Å². The molecule has 0 spiro atoms. The van der Waals surface area contributed by atoms with Crippen LogP contribution in [0, 0.1) is 5.92 Å². The second kappa shape index (κ2) is 9.18. The molecule has 156 valence electrons. The molecule has 1 unspecified atom stereocenters. The number of amides is 1. The van der Waals surface area contributed by atoms with E-state index in [4.69, 9.17) is 11.6 Å². The van der Waals surface area contributed by atoms with Gasteiger partial charge in [-0.15, -0.1) is 0 Å². The van der Waals surface area contributed by atoms with E-state index in [1.165, 1.54) is 5.56 Å². The van der Waals surface area contributed by atoms with Crippen LogP contribution in [0.3, 0.4) is 0 Å². The van der Waals surface area contributed by atoms with Gasteiger partial charge in [0.05, 0.1) is 11.9 Å². The average Bonchev–Trinajstić information content (AvgIpc) is 2.68. The molecule has 1 fully saturated rings. The first kappa shape index (κ1) is 21.7. The summed E-state index contributed by atoms with van der Waals surface area (Å²) in [6.07, 6.45) is 3.97. The van der Waals surface area contributed by atoms with E-state index < -0.39 is 16.1 Å². The maximum Gasteiger partial charge on any atom is 0.246 e. The van der Waals surface area contributed by atoms with Crippen LogP contribution in [0.1, 0.15) is 25.3 Å². The van der Waals surface area contributed by atoms with Gasteiger partial charge in [0.2, 0.25) is 15.9 Å². The summed E-state index contributed by atoms with van der Waals surface area (Å²) in [4.78, 5) is 14.9.